The highest BCUT2D eigenvalue weighted by atomic mass is 35.5. The van der Waals surface area contributed by atoms with Gasteiger partial charge in [0, 0.05) is 6.26 Å². The van der Waals surface area contributed by atoms with Crippen molar-refractivity contribution in [1.29, 1.82) is 0 Å². The summed E-state index contributed by atoms with van der Waals surface area (Å²) in [4.78, 5) is 7.32. The third-order valence-electron chi connectivity index (χ3n) is 1.28. The fraction of sp³-hybridized carbons (Fsp3) is 0.333. The van der Waals surface area contributed by atoms with Gasteiger partial charge in [0.1, 0.15) is 6.33 Å². The van der Waals surface area contributed by atoms with Crippen molar-refractivity contribution in [2.75, 3.05) is 6.26 Å². The summed E-state index contributed by atoms with van der Waals surface area (Å²) >= 11 is 5.67. The summed E-state index contributed by atoms with van der Waals surface area (Å²) < 4.78 is 22.1. The van der Waals surface area contributed by atoms with Crippen LogP contribution in [0.5, 0.6) is 0 Å². The molecule has 1 aromatic rings. The molecule has 0 N–H and O–H groups in total. The predicted molar refractivity (Wildman–Crippen MR) is 44.9 cm³/mol. The van der Waals surface area contributed by atoms with Crippen molar-refractivity contribution in [1.82, 2.24) is 9.97 Å². The molecule has 0 saturated carbocycles. The van der Waals surface area contributed by atoms with Crippen LogP contribution in [0.3, 0.4) is 0 Å². The molecular formula is C6H7ClN2O2S. The van der Waals surface area contributed by atoms with E-state index in [0.717, 1.165) is 6.26 Å². The average molecular weight is 207 g/mol. The van der Waals surface area contributed by atoms with Gasteiger partial charge in [0.25, 0.3) is 0 Å². The summed E-state index contributed by atoms with van der Waals surface area (Å²) in [5, 5.41) is -0.0170. The first-order chi connectivity index (χ1) is 5.43. The number of aromatic nitrogens is 2. The molecule has 0 aliphatic heterocycles. The van der Waals surface area contributed by atoms with Crippen molar-refractivity contribution in [3.63, 3.8) is 0 Å². The average Bonchev–Trinajstić information content (AvgIpc) is 1.92. The van der Waals surface area contributed by atoms with Crippen LogP contribution < -0.4 is 0 Å². The van der Waals surface area contributed by atoms with Gasteiger partial charge in [-0.1, -0.05) is 11.6 Å². The van der Waals surface area contributed by atoms with Gasteiger partial charge in [-0.25, -0.2) is 18.4 Å². The molecule has 66 valence electrons. The summed E-state index contributed by atoms with van der Waals surface area (Å²) in [5.41, 5.74) is 0.465. The Morgan fingerprint density at radius 2 is 2.00 bits per heavy atom. The van der Waals surface area contributed by atoms with Crippen molar-refractivity contribution in [3.05, 3.63) is 17.0 Å². The first-order valence-corrected chi connectivity index (χ1v) is 5.37. The molecule has 1 heterocycles. The van der Waals surface area contributed by atoms with Gasteiger partial charge in [-0.3, -0.25) is 0 Å². The van der Waals surface area contributed by atoms with Crippen LogP contribution in [-0.4, -0.2) is 24.6 Å². The van der Waals surface area contributed by atoms with Gasteiger partial charge >= 0.3 is 0 Å². The van der Waals surface area contributed by atoms with Gasteiger partial charge in [-0.15, -0.1) is 0 Å². The summed E-state index contributed by atoms with van der Waals surface area (Å²) in [6, 6.07) is 0. The van der Waals surface area contributed by atoms with E-state index in [4.69, 9.17) is 11.6 Å². The van der Waals surface area contributed by atoms with Crippen LogP contribution in [0, 0.1) is 6.92 Å². The lowest BCUT2D eigenvalue weighted by Gasteiger charge is -2.00. The molecular weight excluding hydrogens is 200 g/mol. The lowest BCUT2D eigenvalue weighted by atomic mass is 10.5. The van der Waals surface area contributed by atoms with Crippen molar-refractivity contribution in [2.24, 2.45) is 0 Å². The first-order valence-electron chi connectivity index (χ1n) is 3.10. The summed E-state index contributed by atoms with van der Waals surface area (Å²) in [6.07, 6.45) is 2.23. The summed E-state index contributed by atoms with van der Waals surface area (Å²) in [5.74, 6) is 0. The second kappa shape index (κ2) is 2.99. The lowest BCUT2D eigenvalue weighted by Crippen LogP contribution is -2.03. The molecule has 0 amide bonds. The van der Waals surface area contributed by atoms with Gasteiger partial charge in [0.05, 0.1) is 10.7 Å². The van der Waals surface area contributed by atoms with E-state index in [9.17, 15) is 8.42 Å². The minimum absolute atomic E-state index is 0.0972. The van der Waals surface area contributed by atoms with Gasteiger partial charge in [0.15, 0.2) is 14.9 Å². The van der Waals surface area contributed by atoms with Gasteiger partial charge in [-0.2, -0.15) is 0 Å². The Hall–Kier alpha value is -0.680. The second-order valence-electron chi connectivity index (χ2n) is 2.35. The molecule has 0 atom stereocenters. The molecule has 0 unspecified atom stereocenters. The van der Waals surface area contributed by atoms with Crippen molar-refractivity contribution in [2.45, 2.75) is 11.9 Å². The molecule has 0 saturated heterocycles. The van der Waals surface area contributed by atoms with Gasteiger partial charge in [-0.05, 0) is 6.92 Å². The lowest BCUT2D eigenvalue weighted by molar-refractivity contribution is 0.597. The van der Waals surface area contributed by atoms with E-state index >= 15 is 0 Å². The minimum Gasteiger partial charge on any atom is -0.240 e. The molecule has 0 spiro atoms. The Kier molecular flexibility index (Phi) is 2.34. The third kappa shape index (κ3) is 1.73. The van der Waals surface area contributed by atoms with Crippen LogP contribution in [0.4, 0.5) is 0 Å². The SMILES string of the molecule is Cc1ncnc(S(C)(=O)=O)c1Cl. The molecule has 0 bridgehead atoms. The normalized spacial score (nSPS) is 11.6. The van der Waals surface area contributed by atoms with E-state index in [1.54, 1.807) is 6.92 Å². The Morgan fingerprint density at radius 3 is 2.42 bits per heavy atom. The van der Waals surface area contributed by atoms with E-state index in [2.05, 4.69) is 9.97 Å². The van der Waals surface area contributed by atoms with Gasteiger partial charge < -0.3 is 0 Å². The second-order valence-corrected chi connectivity index (χ2v) is 4.66. The first kappa shape index (κ1) is 9.41. The number of nitrogens with zero attached hydrogens (tertiary/aromatic N) is 2. The number of rotatable bonds is 1. The van der Waals surface area contributed by atoms with Gasteiger partial charge in [0.2, 0.25) is 0 Å². The fourth-order valence-corrected chi connectivity index (χ4v) is 1.92. The van der Waals surface area contributed by atoms with Crippen molar-refractivity contribution < 1.29 is 8.42 Å². The van der Waals surface area contributed by atoms with E-state index in [-0.39, 0.29) is 10.0 Å². The molecule has 4 nitrogen and oxygen atoms in total. The summed E-state index contributed by atoms with van der Waals surface area (Å²) in [6.45, 7) is 1.62. The quantitative estimate of drug-likeness (QED) is 0.639. The Balaban J connectivity index is 3.47. The monoisotopic (exact) mass is 206 g/mol. The zero-order valence-electron chi connectivity index (χ0n) is 6.57. The zero-order valence-corrected chi connectivity index (χ0v) is 8.15. The summed E-state index contributed by atoms with van der Waals surface area (Å²) in [7, 11) is -3.34. The highest BCUT2D eigenvalue weighted by molar-refractivity contribution is 7.90. The number of halogens is 1. The van der Waals surface area contributed by atoms with Crippen LogP contribution >= 0.6 is 11.6 Å². The Morgan fingerprint density at radius 1 is 1.42 bits per heavy atom. The largest absolute Gasteiger partial charge is 0.240 e. The van der Waals surface area contributed by atoms with Crippen molar-refractivity contribution >= 4 is 21.4 Å². The maximum Gasteiger partial charge on any atom is 0.194 e. The predicted octanol–water partition coefficient (Wildman–Crippen LogP) is 0.842. The molecule has 1 rings (SSSR count). The highest BCUT2D eigenvalue weighted by Gasteiger charge is 2.15. The molecule has 0 radical (unpaired) electrons. The van der Waals surface area contributed by atoms with Crippen LogP contribution in [-0.2, 0) is 9.84 Å². The number of hydrogen-bond donors (Lipinski definition) is 0. The van der Waals surface area contributed by atoms with E-state index in [1.165, 1.54) is 6.33 Å². The molecule has 12 heavy (non-hydrogen) atoms. The molecule has 0 fully saturated rings. The molecule has 0 aliphatic carbocycles. The number of hydrogen-bond acceptors (Lipinski definition) is 4. The maximum absolute atomic E-state index is 11.0. The topological polar surface area (TPSA) is 59.9 Å². The number of sulfone groups is 1. The Labute approximate surface area is 75.5 Å². The fourth-order valence-electron chi connectivity index (χ4n) is 0.695. The van der Waals surface area contributed by atoms with E-state index < -0.39 is 9.84 Å². The third-order valence-corrected chi connectivity index (χ3v) is 2.86. The minimum atomic E-state index is -3.34. The molecule has 0 aromatic carbocycles. The zero-order chi connectivity index (χ0) is 9.35. The van der Waals surface area contributed by atoms with E-state index in [1.807, 2.05) is 0 Å². The van der Waals surface area contributed by atoms with Crippen LogP contribution in [0.15, 0.2) is 11.4 Å². The number of aryl methyl sites for hydroxylation is 1. The Bertz CT molecular complexity index is 402. The maximum atomic E-state index is 11.0. The van der Waals surface area contributed by atoms with Crippen LogP contribution in [0.25, 0.3) is 0 Å². The van der Waals surface area contributed by atoms with Crippen LogP contribution in [0.1, 0.15) is 5.69 Å². The van der Waals surface area contributed by atoms with Crippen LogP contribution in [0.2, 0.25) is 5.02 Å². The van der Waals surface area contributed by atoms with Crippen molar-refractivity contribution in [3.8, 4) is 0 Å². The smallest absolute Gasteiger partial charge is 0.194 e. The standard InChI is InChI=1S/C6H7ClN2O2S/c1-4-5(7)6(9-3-8-4)12(2,10)11/h3H,1-2H3. The molecule has 6 heteroatoms. The highest BCUT2D eigenvalue weighted by Crippen LogP contribution is 2.19. The van der Waals surface area contributed by atoms with E-state index in [0.29, 0.717) is 5.69 Å². The molecule has 1 aromatic heterocycles. The molecule has 0 aliphatic rings.